The molecular weight excluding hydrogens is 208 g/mol. The molecule has 17 heavy (non-hydrogen) atoms. The summed E-state index contributed by atoms with van der Waals surface area (Å²) in [5.74, 6) is 0.175. The number of allylic oxidation sites excluding steroid dienone is 5. The minimum Gasteiger partial charge on any atom is -0.493 e. The first-order chi connectivity index (χ1) is 8.15. The van der Waals surface area contributed by atoms with Gasteiger partial charge in [-0.2, -0.15) is 0 Å². The Morgan fingerprint density at radius 1 is 1.12 bits per heavy atom. The van der Waals surface area contributed by atoms with Gasteiger partial charge < -0.3 is 5.11 Å². The van der Waals surface area contributed by atoms with Crippen molar-refractivity contribution >= 4 is 5.76 Å². The zero-order chi connectivity index (χ0) is 12.3. The minimum atomic E-state index is 0.175. The Labute approximate surface area is 102 Å². The van der Waals surface area contributed by atoms with E-state index in [1.54, 1.807) is 0 Å². The molecule has 2 rings (SSSR count). The van der Waals surface area contributed by atoms with Gasteiger partial charge in [-0.05, 0) is 26.0 Å². The molecule has 1 aliphatic rings. The summed E-state index contributed by atoms with van der Waals surface area (Å²) >= 11 is 0. The molecule has 0 saturated carbocycles. The predicted molar refractivity (Wildman–Crippen MR) is 71.4 cm³/mol. The van der Waals surface area contributed by atoms with Crippen molar-refractivity contribution in [1.82, 2.24) is 0 Å². The Balaban J connectivity index is 2.31. The molecule has 0 bridgehead atoms. The second-order valence-electron chi connectivity index (χ2n) is 4.21. The van der Waals surface area contributed by atoms with E-state index in [2.05, 4.69) is 5.73 Å². The van der Waals surface area contributed by atoms with Crippen molar-refractivity contribution in [2.75, 3.05) is 0 Å². The third-order valence-corrected chi connectivity index (χ3v) is 2.64. The number of hydrogen-bond donors (Lipinski definition) is 1. The van der Waals surface area contributed by atoms with E-state index in [4.69, 9.17) is 0 Å². The average Bonchev–Trinajstić information content (AvgIpc) is 2.33. The Morgan fingerprint density at radius 2 is 1.82 bits per heavy atom. The number of benzene rings is 1. The van der Waals surface area contributed by atoms with Gasteiger partial charge in [0, 0.05) is 35.8 Å². The van der Waals surface area contributed by atoms with Crippen LogP contribution in [0, 0.1) is 13.3 Å². The largest absolute Gasteiger partial charge is 0.493 e. The Bertz CT molecular complexity index is 535. The van der Waals surface area contributed by atoms with E-state index < -0.39 is 0 Å². The van der Waals surface area contributed by atoms with Gasteiger partial charge in [-0.1, -0.05) is 17.7 Å². The molecule has 0 spiro atoms. The highest BCUT2D eigenvalue weighted by Gasteiger charge is 2.07. The first kappa shape index (κ1) is 11.4. The highest BCUT2D eigenvalue weighted by atomic mass is 16.3. The van der Waals surface area contributed by atoms with E-state index in [0.29, 0.717) is 0 Å². The molecule has 0 aromatic heterocycles. The van der Waals surface area contributed by atoms with Gasteiger partial charge in [-0.15, -0.1) is 0 Å². The summed E-state index contributed by atoms with van der Waals surface area (Å²) in [5.41, 5.74) is 7.03. The lowest BCUT2D eigenvalue weighted by Crippen LogP contribution is -1.86. The normalized spacial score (nSPS) is 13.8. The molecule has 0 atom stereocenters. The molecule has 0 fully saturated rings. The van der Waals surface area contributed by atoms with Crippen molar-refractivity contribution in [3.05, 3.63) is 76.9 Å². The first-order valence-corrected chi connectivity index (χ1v) is 5.62. The molecule has 1 aliphatic carbocycles. The second-order valence-corrected chi connectivity index (χ2v) is 4.21. The maximum Gasteiger partial charge on any atom is 0.220 e. The topological polar surface area (TPSA) is 20.2 Å². The molecule has 1 N–H and O–H groups in total. The van der Waals surface area contributed by atoms with Crippen LogP contribution >= 0.6 is 0 Å². The van der Waals surface area contributed by atoms with E-state index in [1.807, 2.05) is 62.8 Å². The van der Waals surface area contributed by atoms with E-state index in [-0.39, 0.29) is 5.76 Å². The fourth-order valence-corrected chi connectivity index (χ4v) is 1.56. The molecule has 1 nitrogen and oxygen atoms in total. The smallest absolute Gasteiger partial charge is 0.220 e. The average molecular weight is 223 g/mol. The molecule has 1 aromatic carbocycles. The van der Waals surface area contributed by atoms with Crippen LogP contribution in [0.2, 0.25) is 0 Å². The quantitative estimate of drug-likeness (QED) is 0.431. The molecule has 84 valence electrons. The van der Waals surface area contributed by atoms with Crippen molar-refractivity contribution in [2.45, 2.75) is 13.8 Å². The maximum atomic E-state index is 9.94. The van der Waals surface area contributed by atoms with E-state index in [1.165, 1.54) is 11.1 Å². The molecule has 0 saturated heterocycles. The van der Waals surface area contributed by atoms with Crippen molar-refractivity contribution in [3.63, 3.8) is 0 Å². The summed E-state index contributed by atoms with van der Waals surface area (Å²) in [4.78, 5) is 0. The van der Waals surface area contributed by atoms with Crippen molar-refractivity contribution in [1.29, 1.82) is 0 Å². The van der Waals surface area contributed by atoms with E-state index in [0.717, 1.165) is 11.1 Å². The molecular formula is C16H15O+. The van der Waals surface area contributed by atoms with Crippen LogP contribution in [-0.4, -0.2) is 5.11 Å². The van der Waals surface area contributed by atoms with Crippen LogP contribution in [0.1, 0.15) is 18.1 Å². The summed E-state index contributed by atoms with van der Waals surface area (Å²) in [6.45, 7) is 4.06. The number of aliphatic hydroxyl groups is 1. The molecule has 1 heteroatoms. The molecule has 0 radical (unpaired) electrons. The van der Waals surface area contributed by atoms with Gasteiger partial charge in [0.05, 0.1) is 5.73 Å². The van der Waals surface area contributed by atoms with Gasteiger partial charge in [0.15, 0.2) is 5.57 Å². The fraction of sp³-hybridized carbons (Fsp3) is 0.125. The number of aryl methyl sites for hydroxylation is 1. The fourth-order valence-electron chi connectivity index (χ4n) is 1.56. The summed E-state index contributed by atoms with van der Waals surface area (Å²) in [6.07, 6.45) is 7.90. The van der Waals surface area contributed by atoms with E-state index >= 15 is 0 Å². The SMILES string of the molecule is CC1=C[CH+]C(=C=C(O)c2ccc(C)cc2)C=C1. The Morgan fingerprint density at radius 3 is 2.41 bits per heavy atom. The zero-order valence-corrected chi connectivity index (χ0v) is 10.1. The summed E-state index contributed by atoms with van der Waals surface area (Å²) in [6, 6.07) is 7.74. The lowest BCUT2D eigenvalue weighted by atomic mass is 10.0. The summed E-state index contributed by atoms with van der Waals surface area (Å²) in [7, 11) is 0. The van der Waals surface area contributed by atoms with Crippen LogP contribution < -0.4 is 0 Å². The van der Waals surface area contributed by atoms with Crippen LogP contribution in [0.25, 0.3) is 5.76 Å². The van der Waals surface area contributed by atoms with Gasteiger partial charge in [-0.3, -0.25) is 0 Å². The number of hydrogen-bond acceptors (Lipinski definition) is 1. The zero-order valence-electron chi connectivity index (χ0n) is 10.1. The second kappa shape index (κ2) is 4.82. The van der Waals surface area contributed by atoms with Gasteiger partial charge in [0.1, 0.15) is 0 Å². The van der Waals surface area contributed by atoms with Crippen LogP contribution in [-0.2, 0) is 0 Å². The predicted octanol–water partition coefficient (Wildman–Crippen LogP) is 4.14. The minimum absolute atomic E-state index is 0.175. The lowest BCUT2D eigenvalue weighted by molar-refractivity contribution is 0.512. The maximum absolute atomic E-state index is 9.94. The molecule has 0 heterocycles. The monoisotopic (exact) mass is 223 g/mol. The van der Waals surface area contributed by atoms with Crippen molar-refractivity contribution in [2.24, 2.45) is 0 Å². The van der Waals surface area contributed by atoms with Crippen LogP contribution in [0.3, 0.4) is 0 Å². The standard InChI is InChI=1S/C16H14O/c1-12-3-7-14(8-4-12)11-16(17)15-9-5-13(2)6-10-15/h3-10H,1-2H3/p+1. The van der Waals surface area contributed by atoms with Crippen molar-refractivity contribution in [3.8, 4) is 0 Å². The number of aliphatic hydroxyl groups excluding tert-OH is 1. The van der Waals surface area contributed by atoms with Crippen LogP contribution in [0.5, 0.6) is 0 Å². The third kappa shape index (κ3) is 2.93. The van der Waals surface area contributed by atoms with Gasteiger partial charge in [-0.25, -0.2) is 0 Å². The molecule has 0 aliphatic heterocycles. The third-order valence-electron chi connectivity index (χ3n) is 2.64. The van der Waals surface area contributed by atoms with E-state index in [9.17, 15) is 5.11 Å². The van der Waals surface area contributed by atoms with Gasteiger partial charge in [0.2, 0.25) is 5.76 Å². The van der Waals surface area contributed by atoms with Crippen LogP contribution in [0.15, 0.2) is 59.4 Å². The summed E-state index contributed by atoms with van der Waals surface area (Å²) < 4.78 is 0. The first-order valence-electron chi connectivity index (χ1n) is 5.62. The Kier molecular flexibility index (Phi) is 3.22. The van der Waals surface area contributed by atoms with Crippen molar-refractivity contribution < 1.29 is 5.11 Å². The number of rotatable bonds is 1. The molecule has 0 amide bonds. The Hall–Kier alpha value is -2.11. The van der Waals surface area contributed by atoms with Gasteiger partial charge >= 0.3 is 0 Å². The molecule has 0 unspecified atom stereocenters. The highest BCUT2D eigenvalue weighted by molar-refractivity contribution is 5.60. The molecule has 1 aromatic rings. The van der Waals surface area contributed by atoms with Crippen LogP contribution in [0.4, 0.5) is 0 Å². The highest BCUT2D eigenvalue weighted by Crippen LogP contribution is 2.16. The lowest BCUT2D eigenvalue weighted by Gasteiger charge is -1.97. The summed E-state index contributed by atoms with van der Waals surface area (Å²) in [5, 5.41) is 9.94. The van der Waals surface area contributed by atoms with Gasteiger partial charge in [0.25, 0.3) is 0 Å².